The van der Waals surface area contributed by atoms with Crippen LogP contribution < -0.4 is 4.90 Å². The van der Waals surface area contributed by atoms with E-state index in [1.165, 1.54) is 22.7 Å². The average Bonchev–Trinajstić information content (AvgIpc) is 3.28. The van der Waals surface area contributed by atoms with Crippen molar-refractivity contribution >= 4 is 22.8 Å². The second-order valence-electron chi connectivity index (χ2n) is 6.60. The summed E-state index contributed by atoms with van der Waals surface area (Å²) in [6, 6.07) is 4.47. The van der Waals surface area contributed by atoms with Crippen molar-refractivity contribution in [3.8, 4) is 0 Å². The molecular formula is C17H22N6S. The standard InChI is InChI=1S/C17H22N6S/c1-13-3-4-15(24-13)11-22-7-5-14(10-22)9-21(2)16-17-20-19-12-23(17)8-6-18-16/h3-4,6,8,12,14H,5,7,9-11H2,1-2H3. The number of likely N-dealkylation sites (tertiary alicyclic amines) is 1. The van der Waals surface area contributed by atoms with Crippen LogP contribution in [0.5, 0.6) is 0 Å². The second-order valence-corrected chi connectivity index (χ2v) is 7.97. The molecule has 0 saturated carbocycles. The van der Waals surface area contributed by atoms with Crippen LogP contribution in [0.25, 0.3) is 5.65 Å². The average molecular weight is 342 g/mol. The lowest BCUT2D eigenvalue weighted by Crippen LogP contribution is -2.29. The molecule has 126 valence electrons. The maximum absolute atomic E-state index is 4.50. The van der Waals surface area contributed by atoms with Gasteiger partial charge in [-0.1, -0.05) is 0 Å². The van der Waals surface area contributed by atoms with E-state index in [4.69, 9.17) is 0 Å². The Kier molecular flexibility index (Phi) is 4.20. The van der Waals surface area contributed by atoms with Gasteiger partial charge in [-0.2, -0.15) is 0 Å². The van der Waals surface area contributed by atoms with E-state index in [-0.39, 0.29) is 0 Å². The first-order chi connectivity index (χ1) is 11.7. The summed E-state index contributed by atoms with van der Waals surface area (Å²) in [5.74, 6) is 1.57. The topological polar surface area (TPSA) is 49.6 Å². The minimum absolute atomic E-state index is 0.668. The number of hydrogen-bond acceptors (Lipinski definition) is 6. The molecule has 6 nitrogen and oxygen atoms in total. The van der Waals surface area contributed by atoms with Crippen molar-refractivity contribution < 1.29 is 0 Å². The van der Waals surface area contributed by atoms with Crippen molar-refractivity contribution in [2.75, 3.05) is 31.6 Å². The van der Waals surface area contributed by atoms with Gasteiger partial charge >= 0.3 is 0 Å². The summed E-state index contributed by atoms with van der Waals surface area (Å²) in [6.45, 7) is 6.58. The van der Waals surface area contributed by atoms with Crippen LogP contribution >= 0.6 is 11.3 Å². The van der Waals surface area contributed by atoms with Gasteiger partial charge in [0.1, 0.15) is 6.33 Å². The van der Waals surface area contributed by atoms with Gasteiger partial charge in [0.25, 0.3) is 0 Å². The predicted molar refractivity (Wildman–Crippen MR) is 96.5 cm³/mol. The Balaban J connectivity index is 1.38. The number of thiophene rings is 1. The van der Waals surface area contributed by atoms with Crippen molar-refractivity contribution in [2.45, 2.75) is 19.9 Å². The minimum atomic E-state index is 0.668. The summed E-state index contributed by atoms with van der Waals surface area (Å²) in [5.41, 5.74) is 0.823. The zero-order valence-electron chi connectivity index (χ0n) is 14.1. The molecule has 1 atom stereocenters. The molecule has 0 N–H and O–H groups in total. The number of fused-ring (bicyclic) bond motifs is 1. The third-order valence-corrected chi connectivity index (χ3v) is 5.62. The fraction of sp³-hybridized carbons (Fsp3) is 0.471. The van der Waals surface area contributed by atoms with E-state index >= 15 is 0 Å². The van der Waals surface area contributed by atoms with E-state index in [0.29, 0.717) is 5.92 Å². The number of hydrogen-bond donors (Lipinski definition) is 0. The number of rotatable bonds is 5. The molecule has 0 bridgehead atoms. The largest absolute Gasteiger partial charge is 0.356 e. The third kappa shape index (κ3) is 3.14. The maximum atomic E-state index is 4.50. The Labute approximate surface area is 145 Å². The number of anilines is 1. The highest BCUT2D eigenvalue weighted by Gasteiger charge is 2.25. The van der Waals surface area contributed by atoms with E-state index < -0.39 is 0 Å². The molecule has 4 heterocycles. The lowest BCUT2D eigenvalue weighted by Gasteiger charge is -2.22. The Hall–Kier alpha value is -1.99. The summed E-state index contributed by atoms with van der Waals surface area (Å²) >= 11 is 1.91. The highest BCUT2D eigenvalue weighted by atomic mass is 32.1. The summed E-state index contributed by atoms with van der Waals surface area (Å²) in [5, 5.41) is 8.16. The van der Waals surface area contributed by atoms with Crippen molar-refractivity contribution in [2.24, 2.45) is 5.92 Å². The molecule has 0 amide bonds. The lowest BCUT2D eigenvalue weighted by molar-refractivity contribution is 0.320. The van der Waals surface area contributed by atoms with Crippen molar-refractivity contribution in [1.29, 1.82) is 0 Å². The van der Waals surface area contributed by atoms with Gasteiger partial charge < -0.3 is 4.90 Å². The molecule has 3 aromatic rings. The monoisotopic (exact) mass is 342 g/mol. The molecule has 1 aliphatic rings. The normalized spacial score (nSPS) is 18.5. The molecule has 3 aromatic heterocycles. The first-order valence-electron chi connectivity index (χ1n) is 8.32. The van der Waals surface area contributed by atoms with E-state index in [1.54, 1.807) is 6.33 Å². The van der Waals surface area contributed by atoms with Gasteiger partial charge in [-0.05, 0) is 37.9 Å². The Morgan fingerprint density at radius 3 is 3.12 bits per heavy atom. The Morgan fingerprint density at radius 1 is 1.38 bits per heavy atom. The van der Waals surface area contributed by atoms with Crippen LogP contribution in [0.1, 0.15) is 16.2 Å². The van der Waals surface area contributed by atoms with Gasteiger partial charge in [0.2, 0.25) is 5.65 Å². The van der Waals surface area contributed by atoms with Crippen molar-refractivity contribution in [3.63, 3.8) is 0 Å². The molecule has 0 spiro atoms. The minimum Gasteiger partial charge on any atom is -0.356 e. The Morgan fingerprint density at radius 2 is 2.29 bits per heavy atom. The number of nitrogens with zero attached hydrogens (tertiary/aromatic N) is 6. The highest BCUT2D eigenvalue weighted by molar-refractivity contribution is 7.11. The zero-order valence-corrected chi connectivity index (χ0v) is 14.9. The van der Waals surface area contributed by atoms with Crippen LogP contribution in [-0.4, -0.2) is 51.2 Å². The molecule has 0 aliphatic carbocycles. The first-order valence-corrected chi connectivity index (χ1v) is 9.14. The smallest absolute Gasteiger partial charge is 0.203 e. The van der Waals surface area contributed by atoms with Crippen molar-refractivity contribution in [1.82, 2.24) is 24.5 Å². The van der Waals surface area contributed by atoms with Crippen LogP contribution in [0, 0.1) is 12.8 Å². The molecular weight excluding hydrogens is 320 g/mol. The first kappa shape index (κ1) is 15.5. The molecule has 0 aromatic carbocycles. The quantitative estimate of drug-likeness (QED) is 0.713. The zero-order chi connectivity index (χ0) is 16.5. The van der Waals surface area contributed by atoms with Gasteiger partial charge in [0, 0.05) is 48.8 Å². The van der Waals surface area contributed by atoms with E-state index in [0.717, 1.165) is 31.1 Å². The molecule has 1 saturated heterocycles. The van der Waals surface area contributed by atoms with Crippen LogP contribution in [0.3, 0.4) is 0 Å². The SMILES string of the molecule is Cc1ccc(CN2CCC(CN(C)c3nccn4cnnc34)C2)s1. The van der Waals surface area contributed by atoms with Gasteiger partial charge in [-0.15, -0.1) is 21.5 Å². The second kappa shape index (κ2) is 6.49. The van der Waals surface area contributed by atoms with Crippen LogP contribution in [0.4, 0.5) is 5.82 Å². The van der Waals surface area contributed by atoms with Crippen LogP contribution in [0.2, 0.25) is 0 Å². The molecule has 1 unspecified atom stereocenters. The third-order valence-electron chi connectivity index (χ3n) is 4.64. The van der Waals surface area contributed by atoms with E-state index in [1.807, 2.05) is 28.1 Å². The van der Waals surface area contributed by atoms with E-state index in [2.05, 4.69) is 51.1 Å². The molecule has 7 heteroatoms. The van der Waals surface area contributed by atoms with Crippen LogP contribution in [-0.2, 0) is 6.54 Å². The van der Waals surface area contributed by atoms with Gasteiger partial charge in [0.15, 0.2) is 5.82 Å². The summed E-state index contributed by atoms with van der Waals surface area (Å²) < 4.78 is 1.92. The molecule has 0 radical (unpaired) electrons. The molecule has 24 heavy (non-hydrogen) atoms. The summed E-state index contributed by atoms with van der Waals surface area (Å²) in [7, 11) is 2.10. The van der Waals surface area contributed by atoms with Crippen LogP contribution in [0.15, 0.2) is 30.9 Å². The summed E-state index contributed by atoms with van der Waals surface area (Å²) in [6.07, 6.45) is 6.65. The fourth-order valence-electron chi connectivity index (χ4n) is 3.48. The Bertz CT molecular complexity index is 825. The van der Waals surface area contributed by atoms with E-state index in [9.17, 15) is 0 Å². The molecule has 4 rings (SSSR count). The maximum Gasteiger partial charge on any atom is 0.203 e. The predicted octanol–water partition coefficient (Wildman–Crippen LogP) is 2.45. The van der Waals surface area contributed by atoms with Gasteiger partial charge in [-0.25, -0.2) is 4.98 Å². The summed E-state index contributed by atoms with van der Waals surface area (Å²) in [4.78, 5) is 12.1. The molecule has 1 fully saturated rings. The van der Waals surface area contributed by atoms with Gasteiger partial charge in [-0.3, -0.25) is 9.30 Å². The number of aryl methyl sites for hydroxylation is 1. The highest BCUT2D eigenvalue weighted by Crippen LogP contribution is 2.24. The fourth-order valence-corrected chi connectivity index (χ4v) is 4.42. The number of aromatic nitrogens is 4. The lowest BCUT2D eigenvalue weighted by atomic mass is 10.1. The van der Waals surface area contributed by atoms with Gasteiger partial charge in [0.05, 0.1) is 0 Å². The molecule has 1 aliphatic heterocycles. The van der Waals surface area contributed by atoms with Crippen molar-refractivity contribution in [3.05, 3.63) is 40.6 Å².